The van der Waals surface area contributed by atoms with Gasteiger partial charge in [0.15, 0.2) is 11.6 Å². The van der Waals surface area contributed by atoms with Crippen LogP contribution in [0.4, 0.5) is 0 Å². The molecule has 0 aliphatic rings. The molecule has 1 N–H and O–H groups in total. The fraction of sp³-hybridized carbons (Fsp3) is 0.562. The van der Waals surface area contributed by atoms with Gasteiger partial charge in [-0.1, -0.05) is 0 Å². The fourth-order valence-electron chi connectivity index (χ4n) is 2.34. The van der Waals surface area contributed by atoms with E-state index in [-0.39, 0.29) is 5.54 Å². The van der Waals surface area contributed by atoms with Crippen LogP contribution < -0.4 is 5.32 Å². The van der Waals surface area contributed by atoms with E-state index >= 15 is 0 Å². The van der Waals surface area contributed by atoms with Gasteiger partial charge in [-0.3, -0.25) is 0 Å². The molecule has 2 heterocycles. The lowest BCUT2D eigenvalue weighted by Gasteiger charge is -2.21. The summed E-state index contributed by atoms with van der Waals surface area (Å²) in [4.78, 5) is 13.6. The number of aryl methyl sites for hydroxylation is 3. The zero-order valence-electron chi connectivity index (χ0n) is 13.9. The first-order valence-corrected chi connectivity index (χ1v) is 7.35. The molecule has 0 radical (unpaired) electrons. The highest BCUT2D eigenvalue weighted by molar-refractivity contribution is 5.46. The van der Waals surface area contributed by atoms with Gasteiger partial charge in [-0.25, -0.2) is 15.0 Å². The summed E-state index contributed by atoms with van der Waals surface area (Å²) < 4.78 is 1.94. The fourth-order valence-corrected chi connectivity index (χ4v) is 2.34. The molecule has 0 spiro atoms. The van der Waals surface area contributed by atoms with E-state index in [9.17, 15) is 0 Å². The second kappa shape index (κ2) is 5.93. The molecule has 0 aliphatic heterocycles. The Bertz CT molecular complexity index is 599. The van der Waals surface area contributed by atoms with Crippen molar-refractivity contribution in [2.24, 2.45) is 7.05 Å². The molecule has 0 atom stereocenters. The Morgan fingerprint density at radius 2 is 1.76 bits per heavy atom. The minimum atomic E-state index is 0.134. The molecule has 5 nitrogen and oxygen atoms in total. The van der Waals surface area contributed by atoms with Crippen LogP contribution in [0.3, 0.4) is 0 Å². The zero-order chi connectivity index (χ0) is 15.6. The van der Waals surface area contributed by atoms with Gasteiger partial charge in [0.25, 0.3) is 0 Å². The third kappa shape index (κ3) is 3.88. The molecular formula is C16H25N5. The minimum Gasteiger partial charge on any atom is -0.331 e. The van der Waals surface area contributed by atoms with Crippen LogP contribution in [-0.2, 0) is 13.5 Å². The predicted molar refractivity (Wildman–Crippen MR) is 85.2 cm³/mol. The number of imidazole rings is 1. The van der Waals surface area contributed by atoms with E-state index in [1.54, 1.807) is 6.20 Å². The van der Waals surface area contributed by atoms with Gasteiger partial charge < -0.3 is 9.88 Å². The van der Waals surface area contributed by atoms with Gasteiger partial charge in [0, 0.05) is 36.4 Å². The molecular weight excluding hydrogens is 262 g/mol. The molecule has 0 saturated carbocycles. The van der Waals surface area contributed by atoms with Crippen LogP contribution in [0.5, 0.6) is 0 Å². The third-order valence-electron chi connectivity index (χ3n) is 3.47. The number of rotatable bonds is 4. The molecule has 0 amide bonds. The molecule has 5 heteroatoms. The second-order valence-corrected chi connectivity index (χ2v) is 6.49. The average molecular weight is 287 g/mol. The van der Waals surface area contributed by atoms with Gasteiger partial charge in [-0.05, 0) is 53.1 Å². The molecule has 0 aliphatic carbocycles. The summed E-state index contributed by atoms with van der Waals surface area (Å²) in [7, 11) is 1.96. The molecule has 2 aromatic rings. The van der Waals surface area contributed by atoms with Crippen molar-refractivity contribution in [3.8, 4) is 11.6 Å². The van der Waals surface area contributed by atoms with Crippen molar-refractivity contribution < 1.29 is 0 Å². The van der Waals surface area contributed by atoms with E-state index in [1.165, 1.54) is 5.56 Å². The van der Waals surface area contributed by atoms with Crippen molar-refractivity contribution in [2.45, 2.75) is 46.6 Å². The van der Waals surface area contributed by atoms with E-state index in [0.29, 0.717) is 5.82 Å². The molecule has 0 unspecified atom stereocenters. The van der Waals surface area contributed by atoms with Crippen LogP contribution >= 0.6 is 0 Å². The number of nitrogens with zero attached hydrogens (tertiary/aromatic N) is 4. The van der Waals surface area contributed by atoms with Gasteiger partial charge in [0.1, 0.15) is 0 Å². The summed E-state index contributed by atoms with van der Waals surface area (Å²) in [6, 6.07) is 0. The van der Waals surface area contributed by atoms with Crippen LogP contribution in [-0.4, -0.2) is 31.6 Å². The van der Waals surface area contributed by atoms with E-state index in [0.717, 1.165) is 30.2 Å². The third-order valence-corrected chi connectivity index (χ3v) is 3.47. The first kappa shape index (κ1) is 15.6. The van der Waals surface area contributed by atoms with Crippen LogP contribution in [0.2, 0.25) is 0 Å². The molecule has 2 aromatic heterocycles. The Kier molecular flexibility index (Phi) is 4.42. The Hall–Kier alpha value is -1.75. The van der Waals surface area contributed by atoms with E-state index < -0.39 is 0 Å². The van der Waals surface area contributed by atoms with Crippen LogP contribution in [0.1, 0.15) is 37.7 Å². The average Bonchev–Trinajstić information content (AvgIpc) is 2.77. The Balaban J connectivity index is 2.20. The van der Waals surface area contributed by atoms with Crippen LogP contribution in [0, 0.1) is 13.8 Å². The normalized spacial score (nSPS) is 11.9. The van der Waals surface area contributed by atoms with Crippen molar-refractivity contribution in [3.05, 3.63) is 29.3 Å². The second-order valence-electron chi connectivity index (χ2n) is 6.49. The molecule has 0 aromatic carbocycles. The lowest BCUT2D eigenvalue weighted by Crippen LogP contribution is -2.37. The van der Waals surface area contributed by atoms with Crippen LogP contribution in [0.25, 0.3) is 11.6 Å². The van der Waals surface area contributed by atoms with E-state index in [2.05, 4.69) is 41.0 Å². The highest BCUT2D eigenvalue weighted by Gasteiger charge is 2.14. The molecule has 2 rings (SSSR count). The lowest BCUT2D eigenvalue weighted by atomic mass is 10.1. The number of hydrogen-bond acceptors (Lipinski definition) is 4. The predicted octanol–water partition coefficient (Wildman–Crippen LogP) is 2.42. The summed E-state index contributed by atoms with van der Waals surface area (Å²) >= 11 is 0. The standard InChI is InChI=1S/C16H25N5/c1-11-13(7-8-18-16(3,4)5)12(2)20-14(19-11)15-17-9-10-21(15)6/h9-10,18H,7-8H2,1-6H3. The number of aromatic nitrogens is 4. The Morgan fingerprint density at radius 3 is 2.24 bits per heavy atom. The summed E-state index contributed by atoms with van der Waals surface area (Å²) in [6.07, 6.45) is 4.62. The van der Waals surface area contributed by atoms with E-state index in [1.807, 2.05) is 31.7 Å². The summed E-state index contributed by atoms with van der Waals surface area (Å²) in [5.41, 5.74) is 3.44. The largest absolute Gasteiger partial charge is 0.331 e. The smallest absolute Gasteiger partial charge is 0.196 e. The summed E-state index contributed by atoms with van der Waals surface area (Å²) in [5, 5.41) is 3.50. The van der Waals surface area contributed by atoms with E-state index in [4.69, 9.17) is 0 Å². The molecule has 0 fully saturated rings. The molecule has 0 saturated heterocycles. The zero-order valence-corrected chi connectivity index (χ0v) is 13.9. The topological polar surface area (TPSA) is 55.6 Å². The Morgan fingerprint density at radius 1 is 1.14 bits per heavy atom. The van der Waals surface area contributed by atoms with Gasteiger partial charge in [-0.2, -0.15) is 0 Å². The number of hydrogen-bond donors (Lipinski definition) is 1. The molecule has 0 bridgehead atoms. The summed E-state index contributed by atoms with van der Waals surface area (Å²) in [6.45, 7) is 11.5. The minimum absolute atomic E-state index is 0.134. The quantitative estimate of drug-likeness (QED) is 0.938. The van der Waals surface area contributed by atoms with Crippen LogP contribution in [0.15, 0.2) is 12.4 Å². The van der Waals surface area contributed by atoms with Crippen molar-refractivity contribution >= 4 is 0 Å². The van der Waals surface area contributed by atoms with Crippen molar-refractivity contribution in [1.29, 1.82) is 0 Å². The molecule has 21 heavy (non-hydrogen) atoms. The van der Waals surface area contributed by atoms with Crippen molar-refractivity contribution in [3.63, 3.8) is 0 Å². The van der Waals surface area contributed by atoms with Crippen molar-refractivity contribution in [2.75, 3.05) is 6.54 Å². The van der Waals surface area contributed by atoms with Gasteiger partial charge >= 0.3 is 0 Å². The van der Waals surface area contributed by atoms with Crippen molar-refractivity contribution in [1.82, 2.24) is 24.8 Å². The summed E-state index contributed by atoms with van der Waals surface area (Å²) in [5.74, 6) is 1.51. The SMILES string of the molecule is Cc1nc(-c2nccn2C)nc(C)c1CCNC(C)(C)C. The first-order chi connectivity index (χ1) is 9.78. The maximum atomic E-state index is 4.63. The lowest BCUT2D eigenvalue weighted by molar-refractivity contribution is 0.429. The molecule has 114 valence electrons. The maximum absolute atomic E-state index is 4.63. The van der Waals surface area contributed by atoms with Gasteiger partial charge in [-0.15, -0.1) is 0 Å². The Labute approximate surface area is 126 Å². The highest BCUT2D eigenvalue weighted by Crippen LogP contribution is 2.17. The van der Waals surface area contributed by atoms with Gasteiger partial charge in [0.05, 0.1) is 0 Å². The monoisotopic (exact) mass is 287 g/mol. The maximum Gasteiger partial charge on any atom is 0.196 e. The number of nitrogens with one attached hydrogen (secondary N) is 1. The van der Waals surface area contributed by atoms with Gasteiger partial charge in [0.2, 0.25) is 0 Å². The first-order valence-electron chi connectivity index (χ1n) is 7.35. The highest BCUT2D eigenvalue weighted by atomic mass is 15.1.